The van der Waals surface area contributed by atoms with Crippen LogP contribution in [0, 0.1) is 17.0 Å². The zero-order valence-corrected chi connectivity index (χ0v) is 14.7. The Bertz CT molecular complexity index is 854. The van der Waals surface area contributed by atoms with Gasteiger partial charge in [0.1, 0.15) is 6.54 Å². The number of nitro groups is 1. The van der Waals surface area contributed by atoms with Crippen molar-refractivity contribution in [3.8, 4) is 0 Å². The first-order chi connectivity index (χ1) is 11.5. The molecular weight excluding hydrogens is 433 g/mol. The van der Waals surface area contributed by atoms with E-state index in [-0.39, 0.29) is 26.6 Å². The number of nitrogens with one attached hydrogen (secondary N) is 1. The van der Waals surface area contributed by atoms with Crippen molar-refractivity contribution in [2.45, 2.75) is 19.6 Å². The van der Waals surface area contributed by atoms with E-state index >= 15 is 0 Å². The van der Waals surface area contributed by atoms with Gasteiger partial charge in [0, 0.05) is 12.1 Å². The number of alkyl halides is 3. The SMILES string of the molecule is Cc1c(Br)c(C(F)(F)F)nn1CC(=O)Nc1cc([N+](=O)[O-])ccc1Cl. The molecule has 0 saturated carbocycles. The van der Waals surface area contributed by atoms with Gasteiger partial charge in [0.15, 0.2) is 5.69 Å². The summed E-state index contributed by atoms with van der Waals surface area (Å²) >= 11 is 8.65. The monoisotopic (exact) mass is 440 g/mol. The van der Waals surface area contributed by atoms with Crippen molar-refractivity contribution >= 4 is 44.8 Å². The Labute approximate surface area is 152 Å². The van der Waals surface area contributed by atoms with E-state index in [9.17, 15) is 28.1 Å². The fourth-order valence-electron chi connectivity index (χ4n) is 1.91. The van der Waals surface area contributed by atoms with Crippen LogP contribution in [-0.2, 0) is 17.5 Å². The van der Waals surface area contributed by atoms with Crippen LogP contribution in [0.5, 0.6) is 0 Å². The van der Waals surface area contributed by atoms with Crippen molar-refractivity contribution in [1.29, 1.82) is 0 Å². The van der Waals surface area contributed by atoms with Gasteiger partial charge in [-0.15, -0.1) is 0 Å². The van der Waals surface area contributed by atoms with E-state index in [2.05, 4.69) is 26.3 Å². The number of amides is 1. The smallest absolute Gasteiger partial charge is 0.323 e. The van der Waals surface area contributed by atoms with E-state index in [1.807, 2.05) is 0 Å². The average Bonchev–Trinajstić information content (AvgIpc) is 2.77. The first-order valence-corrected chi connectivity index (χ1v) is 7.71. The van der Waals surface area contributed by atoms with E-state index in [1.165, 1.54) is 13.0 Å². The number of hydrogen-bond donors (Lipinski definition) is 1. The molecule has 134 valence electrons. The number of aromatic nitrogens is 2. The fourth-order valence-corrected chi connectivity index (χ4v) is 2.58. The van der Waals surface area contributed by atoms with Crippen molar-refractivity contribution in [3.05, 3.63) is 49.2 Å². The first-order valence-electron chi connectivity index (χ1n) is 6.54. The van der Waals surface area contributed by atoms with Crippen LogP contribution in [0.1, 0.15) is 11.4 Å². The van der Waals surface area contributed by atoms with E-state index in [0.29, 0.717) is 0 Å². The van der Waals surface area contributed by atoms with Crippen molar-refractivity contribution < 1.29 is 22.9 Å². The summed E-state index contributed by atoms with van der Waals surface area (Å²) in [5, 5.41) is 16.5. The normalized spacial score (nSPS) is 11.4. The Balaban J connectivity index is 2.22. The summed E-state index contributed by atoms with van der Waals surface area (Å²) in [5.41, 5.74) is -1.36. The highest BCUT2D eigenvalue weighted by Crippen LogP contribution is 2.35. The van der Waals surface area contributed by atoms with E-state index < -0.39 is 29.2 Å². The number of non-ortho nitro benzene ring substituents is 1. The van der Waals surface area contributed by atoms with E-state index in [4.69, 9.17) is 11.6 Å². The quantitative estimate of drug-likeness (QED) is 0.569. The standard InChI is InChI=1S/C13H9BrClF3N4O3/c1-6-11(14)12(13(16,17)18)20-21(6)5-10(23)19-9-4-7(22(24)25)2-3-8(9)15/h2-4H,5H2,1H3,(H,19,23). The number of halogens is 5. The third-order valence-corrected chi connectivity index (χ3v) is 4.41. The highest BCUT2D eigenvalue weighted by molar-refractivity contribution is 9.10. The van der Waals surface area contributed by atoms with Gasteiger partial charge in [-0.25, -0.2) is 0 Å². The van der Waals surface area contributed by atoms with Crippen LogP contribution in [0.3, 0.4) is 0 Å². The molecule has 1 aromatic carbocycles. The van der Waals surface area contributed by atoms with Crippen LogP contribution in [0.2, 0.25) is 5.02 Å². The predicted molar refractivity (Wildman–Crippen MR) is 86.4 cm³/mol. The number of carbonyl (C=O) groups is 1. The third-order valence-electron chi connectivity index (χ3n) is 3.13. The molecule has 12 heteroatoms. The van der Waals surface area contributed by atoms with Gasteiger partial charge in [-0.05, 0) is 28.9 Å². The minimum atomic E-state index is -4.67. The molecule has 0 unspecified atom stereocenters. The Kier molecular flexibility index (Phi) is 5.37. The summed E-state index contributed by atoms with van der Waals surface area (Å²) < 4.78 is 39.0. The van der Waals surface area contributed by atoms with Gasteiger partial charge < -0.3 is 5.32 Å². The Morgan fingerprint density at radius 2 is 2.12 bits per heavy atom. The lowest BCUT2D eigenvalue weighted by Crippen LogP contribution is -2.21. The van der Waals surface area contributed by atoms with Crippen molar-refractivity contribution in [2.24, 2.45) is 0 Å². The molecular formula is C13H9BrClF3N4O3. The van der Waals surface area contributed by atoms with Crippen LogP contribution in [0.15, 0.2) is 22.7 Å². The second kappa shape index (κ2) is 7.00. The Morgan fingerprint density at radius 1 is 1.48 bits per heavy atom. The Hall–Kier alpha value is -2.14. The summed E-state index contributed by atoms with van der Waals surface area (Å²) in [4.78, 5) is 22.1. The maximum atomic E-state index is 12.8. The molecule has 0 bridgehead atoms. The highest BCUT2D eigenvalue weighted by atomic mass is 79.9. The lowest BCUT2D eigenvalue weighted by molar-refractivity contribution is -0.384. The third kappa shape index (κ3) is 4.28. The molecule has 1 aromatic heterocycles. The van der Waals surface area contributed by atoms with Crippen molar-refractivity contribution in [2.75, 3.05) is 5.32 Å². The molecule has 1 amide bonds. The minimum Gasteiger partial charge on any atom is -0.323 e. The molecule has 1 N–H and O–H groups in total. The molecule has 0 fully saturated rings. The molecule has 0 aliphatic carbocycles. The van der Waals surface area contributed by atoms with Crippen LogP contribution in [0.25, 0.3) is 0 Å². The van der Waals surface area contributed by atoms with Crippen molar-refractivity contribution in [1.82, 2.24) is 9.78 Å². The molecule has 0 radical (unpaired) electrons. The zero-order valence-electron chi connectivity index (χ0n) is 12.4. The fraction of sp³-hybridized carbons (Fsp3) is 0.231. The molecule has 7 nitrogen and oxygen atoms in total. The second-order valence-corrected chi connectivity index (χ2v) is 6.07. The minimum absolute atomic E-state index is 0.0270. The molecule has 0 spiro atoms. The highest BCUT2D eigenvalue weighted by Gasteiger charge is 2.38. The number of carbonyl (C=O) groups excluding carboxylic acids is 1. The largest absolute Gasteiger partial charge is 0.436 e. The molecule has 2 aromatic rings. The molecule has 1 heterocycles. The van der Waals surface area contributed by atoms with Gasteiger partial charge in [0.05, 0.1) is 25.8 Å². The Morgan fingerprint density at radius 3 is 2.64 bits per heavy atom. The molecule has 2 rings (SSSR count). The number of benzene rings is 1. The van der Waals surface area contributed by atoms with Crippen LogP contribution < -0.4 is 5.32 Å². The first kappa shape index (κ1) is 19.2. The summed E-state index contributed by atoms with van der Waals surface area (Å²) in [6.07, 6.45) is -4.67. The van der Waals surface area contributed by atoms with Gasteiger partial charge in [0.25, 0.3) is 5.69 Å². The maximum absolute atomic E-state index is 12.8. The van der Waals surface area contributed by atoms with Gasteiger partial charge in [-0.2, -0.15) is 18.3 Å². The molecule has 0 aliphatic rings. The second-order valence-electron chi connectivity index (χ2n) is 4.87. The average molecular weight is 442 g/mol. The summed E-state index contributed by atoms with van der Waals surface area (Å²) in [7, 11) is 0. The summed E-state index contributed by atoms with van der Waals surface area (Å²) in [6.45, 7) is 0.833. The molecule has 0 saturated heterocycles. The lowest BCUT2D eigenvalue weighted by atomic mass is 10.2. The van der Waals surface area contributed by atoms with Gasteiger partial charge in [-0.3, -0.25) is 19.6 Å². The lowest BCUT2D eigenvalue weighted by Gasteiger charge is -2.08. The molecule has 0 atom stereocenters. The van der Waals surface area contributed by atoms with Crippen LogP contribution in [-0.4, -0.2) is 20.6 Å². The van der Waals surface area contributed by atoms with Crippen molar-refractivity contribution in [3.63, 3.8) is 0 Å². The predicted octanol–water partition coefficient (Wildman–Crippen LogP) is 4.17. The van der Waals surface area contributed by atoms with Gasteiger partial charge >= 0.3 is 6.18 Å². The topological polar surface area (TPSA) is 90.1 Å². The molecule has 0 aliphatic heterocycles. The molecule has 25 heavy (non-hydrogen) atoms. The number of hydrogen-bond acceptors (Lipinski definition) is 4. The van der Waals surface area contributed by atoms with Crippen LogP contribution >= 0.6 is 27.5 Å². The summed E-state index contributed by atoms with van der Waals surface area (Å²) in [5.74, 6) is -0.741. The summed E-state index contributed by atoms with van der Waals surface area (Å²) in [6, 6.07) is 3.43. The zero-order chi connectivity index (χ0) is 18.9. The van der Waals surface area contributed by atoms with E-state index in [0.717, 1.165) is 16.8 Å². The number of anilines is 1. The van der Waals surface area contributed by atoms with Crippen LogP contribution in [0.4, 0.5) is 24.5 Å². The maximum Gasteiger partial charge on any atom is 0.436 e. The van der Waals surface area contributed by atoms with Gasteiger partial charge in [-0.1, -0.05) is 11.6 Å². The van der Waals surface area contributed by atoms with E-state index in [1.54, 1.807) is 0 Å². The number of rotatable bonds is 4. The van der Waals surface area contributed by atoms with Gasteiger partial charge in [0.2, 0.25) is 5.91 Å². The number of nitrogens with zero attached hydrogens (tertiary/aromatic N) is 3. The number of nitro benzene ring substituents is 1.